The van der Waals surface area contributed by atoms with Crippen molar-refractivity contribution in [1.29, 1.82) is 0 Å². The van der Waals surface area contributed by atoms with Crippen molar-refractivity contribution in [2.24, 2.45) is 5.92 Å². The van der Waals surface area contributed by atoms with Crippen molar-refractivity contribution in [1.82, 2.24) is 15.0 Å². The molecule has 1 saturated carbocycles. The summed E-state index contributed by atoms with van der Waals surface area (Å²) in [4.78, 5) is 12.1. The van der Waals surface area contributed by atoms with Crippen molar-refractivity contribution in [2.75, 3.05) is 0 Å². The van der Waals surface area contributed by atoms with Crippen LogP contribution in [0.2, 0.25) is 5.02 Å². The van der Waals surface area contributed by atoms with Crippen molar-refractivity contribution in [2.45, 2.75) is 38.4 Å². The van der Waals surface area contributed by atoms with Crippen LogP contribution in [-0.2, 0) is 0 Å². The van der Waals surface area contributed by atoms with Gasteiger partial charge in [-0.1, -0.05) is 41.9 Å². The van der Waals surface area contributed by atoms with Gasteiger partial charge in [-0.3, -0.25) is 0 Å². The number of benzene rings is 1. The average Bonchev–Trinajstić information content (AvgIpc) is 2.90. The lowest BCUT2D eigenvalue weighted by atomic mass is 9.72. The summed E-state index contributed by atoms with van der Waals surface area (Å²) in [6.45, 7) is 3.68. The zero-order valence-corrected chi connectivity index (χ0v) is 14.9. The third-order valence-electron chi connectivity index (χ3n) is 4.82. The molecular weight excluding hydrogens is 338 g/mol. The maximum atomic E-state index is 10.0. The second kappa shape index (κ2) is 6.00. The molecule has 25 heavy (non-hydrogen) atoms. The second-order valence-corrected chi connectivity index (χ2v) is 7.57. The molecule has 0 spiro atoms. The van der Waals surface area contributed by atoms with Gasteiger partial charge in [0.2, 0.25) is 0 Å². The fourth-order valence-corrected chi connectivity index (χ4v) is 3.41. The molecule has 2 heterocycles. The molecular formula is C19H20ClN3O2. The number of rotatable bonds is 4. The van der Waals surface area contributed by atoms with Gasteiger partial charge in [-0.25, -0.2) is 4.98 Å². The Kier molecular flexibility index (Phi) is 3.93. The number of nitrogens with one attached hydrogen (secondary N) is 1. The van der Waals surface area contributed by atoms with Crippen LogP contribution in [0.25, 0.3) is 22.4 Å². The van der Waals surface area contributed by atoms with Crippen molar-refractivity contribution >= 4 is 22.8 Å². The van der Waals surface area contributed by atoms with E-state index in [1.807, 2.05) is 50.2 Å². The van der Waals surface area contributed by atoms with E-state index in [2.05, 4.69) is 15.0 Å². The largest absolute Gasteiger partial charge is 0.461 e. The van der Waals surface area contributed by atoms with E-state index in [1.165, 1.54) is 0 Å². The van der Waals surface area contributed by atoms with Gasteiger partial charge in [0, 0.05) is 5.56 Å². The van der Waals surface area contributed by atoms with Gasteiger partial charge < -0.3 is 14.8 Å². The van der Waals surface area contributed by atoms with E-state index in [4.69, 9.17) is 16.3 Å². The fourth-order valence-electron chi connectivity index (χ4n) is 3.15. The summed E-state index contributed by atoms with van der Waals surface area (Å²) in [7, 11) is 0. The minimum atomic E-state index is -0.659. The van der Waals surface area contributed by atoms with E-state index < -0.39 is 5.60 Å². The van der Waals surface area contributed by atoms with Crippen LogP contribution in [0.1, 0.15) is 26.7 Å². The molecule has 1 aliphatic rings. The lowest BCUT2D eigenvalue weighted by Gasteiger charge is -2.41. The molecule has 0 saturated heterocycles. The number of aromatic amines is 1. The lowest BCUT2D eigenvalue weighted by molar-refractivity contribution is -0.0692. The molecule has 0 unspecified atom stereocenters. The first-order valence-electron chi connectivity index (χ1n) is 8.41. The van der Waals surface area contributed by atoms with Gasteiger partial charge in [0.05, 0.1) is 21.8 Å². The molecule has 1 aliphatic carbocycles. The highest BCUT2D eigenvalue weighted by Crippen LogP contribution is 2.38. The van der Waals surface area contributed by atoms with Gasteiger partial charge in [0.15, 0.2) is 5.65 Å². The number of hydrogen-bond donors (Lipinski definition) is 2. The fraction of sp³-hybridized carbons (Fsp3) is 0.368. The molecule has 0 aliphatic heterocycles. The molecule has 0 bridgehead atoms. The summed E-state index contributed by atoms with van der Waals surface area (Å²) >= 11 is 6.38. The first-order chi connectivity index (χ1) is 11.9. The predicted octanol–water partition coefficient (Wildman–Crippen LogP) is 4.21. The Morgan fingerprint density at radius 3 is 2.60 bits per heavy atom. The number of imidazole rings is 1. The number of hydrogen-bond acceptors (Lipinski definition) is 4. The van der Waals surface area contributed by atoms with Crippen LogP contribution in [0.4, 0.5) is 0 Å². The summed E-state index contributed by atoms with van der Waals surface area (Å²) in [6, 6.07) is 12.1. The Morgan fingerprint density at radius 2 is 1.92 bits per heavy atom. The number of nitrogens with zero attached hydrogens (tertiary/aromatic N) is 2. The summed E-state index contributed by atoms with van der Waals surface area (Å²) < 4.78 is 5.89. The number of aliphatic hydroxyl groups is 1. The molecule has 0 atom stereocenters. The molecule has 2 N–H and O–H groups in total. The Labute approximate surface area is 151 Å². The molecule has 130 valence electrons. The zero-order valence-electron chi connectivity index (χ0n) is 14.2. The zero-order chi connectivity index (χ0) is 17.6. The van der Waals surface area contributed by atoms with Crippen LogP contribution < -0.4 is 4.74 Å². The Bertz CT molecular complexity index is 896. The minimum Gasteiger partial charge on any atom is -0.461 e. The van der Waals surface area contributed by atoms with Gasteiger partial charge in [0.1, 0.15) is 6.10 Å². The molecule has 6 heteroatoms. The summed E-state index contributed by atoms with van der Waals surface area (Å²) in [6.07, 6.45) is 1.72. The third-order valence-corrected chi connectivity index (χ3v) is 5.11. The van der Waals surface area contributed by atoms with Crippen LogP contribution in [0, 0.1) is 5.92 Å². The molecule has 5 nitrogen and oxygen atoms in total. The summed E-state index contributed by atoms with van der Waals surface area (Å²) in [5.74, 6) is 0.263. The van der Waals surface area contributed by atoms with Crippen LogP contribution in [0.5, 0.6) is 6.01 Å². The Balaban J connectivity index is 1.55. The van der Waals surface area contributed by atoms with Crippen LogP contribution in [0.3, 0.4) is 0 Å². The normalized spacial score (nSPS) is 20.5. The molecule has 4 rings (SSSR count). The summed E-state index contributed by atoms with van der Waals surface area (Å²) in [5, 5.41) is 10.6. The predicted molar refractivity (Wildman–Crippen MR) is 97.8 cm³/mol. The number of ether oxygens (including phenoxy) is 1. The number of pyridine rings is 1. The molecule has 0 radical (unpaired) electrons. The number of aromatic nitrogens is 3. The minimum absolute atomic E-state index is 0.0704. The lowest BCUT2D eigenvalue weighted by Crippen LogP contribution is -2.45. The average molecular weight is 358 g/mol. The van der Waals surface area contributed by atoms with Gasteiger partial charge in [-0.2, -0.15) is 4.98 Å². The highest BCUT2D eigenvalue weighted by atomic mass is 35.5. The second-order valence-electron chi connectivity index (χ2n) is 7.16. The molecule has 1 aromatic carbocycles. The molecule has 2 aromatic heterocycles. The third kappa shape index (κ3) is 3.22. The number of halogens is 1. The van der Waals surface area contributed by atoms with E-state index in [0.29, 0.717) is 22.4 Å². The smallest absolute Gasteiger partial charge is 0.296 e. The number of H-pyrrole nitrogens is 1. The highest BCUT2D eigenvalue weighted by molar-refractivity contribution is 6.33. The van der Waals surface area contributed by atoms with Crippen LogP contribution in [-0.4, -0.2) is 31.8 Å². The van der Waals surface area contributed by atoms with E-state index in [0.717, 1.165) is 23.9 Å². The van der Waals surface area contributed by atoms with Crippen molar-refractivity contribution in [3.05, 3.63) is 41.4 Å². The van der Waals surface area contributed by atoms with Gasteiger partial charge in [-0.15, -0.1) is 0 Å². The molecule has 3 aromatic rings. The van der Waals surface area contributed by atoms with E-state index in [9.17, 15) is 5.11 Å². The maximum Gasteiger partial charge on any atom is 0.296 e. The first kappa shape index (κ1) is 16.4. The van der Waals surface area contributed by atoms with Gasteiger partial charge in [0.25, 0.3) is 6.01 Å². The molecule has 1 fully saturated rings. The maximum absolute atomic E-state index is 10.0. The van der Waals surface area contributed by atoms with Crippen molar-refractivity contribution < 1.29 is 9.84 Å². The standard InChI is InChI=1S/C19H20ClN3O2/c1-19(2,24)12-8-13(9-12)25-18-21-15-10-14(20)16(22-17(15)23-18)11-6-4-3-5-7-11/h3-7,10,12-13,24H,8-9H2,1-2H3,(H,21,22,23). The SMILES string of the molecule is CC(C)(O)C1CC(Oc2nc3nc(-c4ccccc4)c(Cl)cc3[nH]2)C1. The highest BCUT2D eigenvalue weighted by Gasteiger charge is 2.40. The van der Waals surface area contributed by atoms with E-state index >= 15 is 0 Å². The van der Waals surface area contributed by atoms with Crippen LogP contribution in [0.15, 0.2) is 36.4 Å². The number of fused-ring (bicyclic) bond motifs is 1. The first-order valence-corrected chi connectivity index (χ1v) is 8.78. The molecule has 0 amide bonds. The van der Waals surface area contributed by atoms with Crippen molar-refractivity contribution in [3.8, 4) is 17.3 Å². The monoisotopic (exact) mass is 357 g/mol. The quantitative estimate of drug-likeness (QED) is 0.733. The van der Waals surface area contributed by atoms with E-state index in [1.54, 1.807) is 0 Å². The van der Waals surface area contributed by atoms with Crippen molar-refractivity contribution in [3.63, 3.8) is 0 Å². The van der Waals surface area contributed by atoms with Crippen LogP contribution >= 0.6 is 11.6 Å². The summed E-state index contributed by atoms with van der Waals surface area (Å²) in [5.41, 5.74) is 2.33. The van der Waals surface area contributed by atoms with Gasteiger partial charge in [-0.05, 0) is 38.7 Å². The Morgan fingerprint density at radius 1 is 1.20 bits per heavy atom. The Hall–Kier alpha value is -2.11. The van der Waals surface area contributed by atoms with Gasteiger partial charge >= 0.3 is 0 Å². The van der Waals surface area contributed by atoms with E-state index in [-0.39, 0.29) is 12.0 Å². The topological polar surface area (TPSA) is 71.0 Å².